The van der Waals surface area contributed by atoms with Crippen LogP contribution in [0.2, 0.25) is 0 Å². The maximum atomic E-state index is 13.0. The Morgan fingerprint density at radius 2 is 2.16 bits per heavy atom. The lowest BCUT2D eigenvalue weighted by Crippen LogP contribution is -2.41. The molecule has 0 spiro atoms. The molecule has 136 valence electrons. The molecule has 1 saturated heterocycles. The summed E-state index contributed by atoms with van der Waals surface area (Å²) < 4.78 is 7.09. The topological polar surface area (TPSA) is 64.4 Å². The fourth-order valence-electron chi connectivity index (χ4n) is 3.71. The molecular weight excluding hydrogens is 318 g/mol. The number of esters is 1. The van der Waals surface area contributed by atoms with Crippen molar-refractivity contribution in [3.8, 4) is 0 Å². The number of carbonyl (C=O) groups excluding carboxylic acids is 2. The minimum absolute atomic E-state index is 0.0666. The zero-order valence-electron chi connectivity index (χ0n) is 15.3. The lowest BCUT2D eigenvalue weighted by molar-refractivity contribution is -0.153. The smallest absolute Gasteiger partial charge is 0.306 e. The van der Waals surface area contributed by atoms with E-state index in [2.05, 4.69) is 17.3 Å². The van der Waals surface area contributed by atoms with Gasteiger partial charge in [-0.25, -0.2) is 0 Å². The first kappa shape index (κ1) is 17.7. The van der Waals surface area contributed by atoms with Gasteiger partial charge in [-0.15, -0.1) is 0 Å². The number of rotatable bonds is 5. The highest BCUT2D eigenvalue weighted by molar-refractivity contribution is 5.86. The van der Waals surface area contributed by atoms with E-state index in [0.717, 1.165) is 36.2 Å². The fourth-order valence-corrected chi connectivity index (χ4v) is 3.71. The van der Waals surface area contributed by atoms with Crippen LogP contribution < -0.4 is 0 Å². The number of hydrogen-bond acceptors (Lipinski definition) is 4. The van der Waals surface area contributed by atoms with Gasteiger partial charge in [0.15, 0.2) is 6.10 Å². The van der Waals surface area contributed by atoms with Crippen molar-refractivity contribution in [2.45, 2.75) is 58.6 Å². The van der Waals surface area contributed by atoms with Crippen LogP contribution in [0.5, 0.6) is 0 Å². The van der Waals surface area contributed by atoms with Gasteiger partial charge in [0.05, 0.1) is 5.69 Å². The second-order valence-electron chi connectivity index (χ2n) is 7.16. The third-order valence-electron chi connectivity index (χ3n) is 5.34. The van der Waals surface area contributed by atoms with Crippen molar-refractivity contribution in [3.63, 3.8) is 0 Å². The van der Waals surface area contributed by atoms with E-state index < -0.39 is 6.10 Å². The number of aromatic nitrogens is 2. The molecule has 2 aliphatic rings. The molecule has 0 radical (unpaired) electrons. The number of cyclic esters (lactones) is 1. The van der Waals surface area contributed by atoms with E-state index in [1.165, 1.54) is 0 Å². The molecular formula is C19H27N3O3. The Bertz CT molecular complexity index is 692. The standard InChI is InChI=1S/C19H27N3O3/c1-13-16(14(2)21(3)20-13)12-22(11-15-7-5-4-6-8-15)19(24)17-9-10-18(23)25-17/h4-5,15,17H,6-12H2,1-3H3/t15-,17-/m0/s1. The number of nitrogens with zero attached hydrogens (tertiary/aromatic N) is 3. The van der Waals surface area contributed by atoms with E-state index in [9.17, 15) is 9.59 Å². The van der Waals surface area contributed by atoms with Gasteiger partial charge >= 0.3 is 5.97 Å². The molecule has 0 N–H and O–H groups in total. The van der Waals surface area contributed by atoms with Gasteiger partial charge in [0, 0.05) is 44.2 Å². The lowest BCUT2D eigenvalue weighted by atomic mass is 9.93. The van der Waals surface area contributed by atoms with Gasteiger partial charge < -0.3 is 9.64 Å². The van der Waals surface area contributed by atoms with Gasteiger partial charge in [0.1, 0.15) is 0 Å². The van der Waals surface area contributed by atoms with Gasteiger partial charge in [-0.1, -0.05) is 12.2 Å². The molecule has 0 unspecified atom stereocenters. The molecule has 2 heterocycles. The molecule has 6 nitrogen and oxygen atoms in total. The van der Waals surface area contributed by atoms with Crippen LogP contribution in [0, 0.1) is 19.8 Å². The van der Waals surface area contributed by atoms with Crippen molar-refractivity contribution in [2.75, 3.05) is 6.54 Å². The van der Waals surface area contributed by atoms with Crippen LogP contribution in [0.1, 0.15) is 49.1 Å². The molecule has 0 aromatic carbocycles. The normalized spacial score (nSPS) is 22.9. The maximum Gasteiger partial charge on any atom is 0.306 e. The summed E-state index contributed by atoms with van der Waals surface area (Å²) in [7, 11) is 1.92. The molecule has 6 heteroatoms. The van der Waals surface area contributed by atoms with Crippen molar-refractivity contribution >= 4 is 11.9 Å². The zero-order chi connectivity index (χ0) is 18.0. The molecule has 0 saturated carbocycles. The first-order valence-electron chi connectivity index (χ1n) is 9.08. The molecule has 1 aliphatic heterocycles. The molecule has 1 aliphatic carbocycles. The number of ether oxygens (including phenoxy) is 1. The monoisotopic (exact) mass is 345 g/mol. The van der Waals surface area contributed by atoms with Crippen molar-refractivity contribution < 1.29 is 14.3 Å². The van der Waals surface area contributed by atoms with Crippen LogP contribution in [0.15, 0.2) is 12.2 Å². The molecule has 1 amide bonds. The number of allylic oxidation sites excluding steroid dienone is 2. The van der Waals surface area contributed by atoms with Crippen molar-refractivity contribution in [1.82, 2.24) is 14.7 Å². The van der Waals surface area contributed by atoms with Gasteiger partial charge in [-0.2, -0.15) is 5.10 Å². The van der Waals surface area contributed by atoms with Gasteiger partial charge in [0.2, 0.25) is 0 Å². The van der Waals surface area contributed by atoms with E-state index >= 15 is 0 Å². The molecule has 25 heavy (non-hydrogen) atoms. The first-order valence-corrected chi connectivity index (χ1v) is 9.08. The van der Waals surface area contributed by atoms with Crippen LogP contribution in [-0.4, -0.2) is 39.2 Å². The van der Waals surface area contributed by atoms with Crippen molar-refractivity contribution in [2.24, 2.45) is 13.0 Å². The molecule has 3 rings (SSSR count). The van der Waals surface area contributed by atoms with Crippen LogP contribution in [-0.2, 0) is 27.9 Å². The number of hydrogen-bond donors (Lipinski definition) is 0. The average Bonchev–Trinajstić information content (AvgIpc) is 3.13. The summed E-state index contributed by atoms with van der Waals surface area (Å²) in [4.78, 5) is 26.3. The summed E-state index contributed by atoms with van der Waals surface area (Å²) in [6.07, 6.45) is 7.77. The SMILES string of the molecule is Cc1nn(C)c(C)c1CN(C[C@H]1CC=CCC1)C(=O)[C@@H]1CCC(=O)O1. The average molecular weight is 345 g/mol. The van der Waals surface area contributed by atoms with E-state index in [1.54, 1.807) is 0 Å². The molecule has 2 atom stereocenters. The Kier molecular flexibility index (Phi) is 5.25. The Balaban J connectivity index is 1.79. The third kappa shape index (κ3) is 3.94. The van der Waals surface area contributed by atoms with Crippen molar-refractivity contribution in [3.05, 3.63) is 29.1 Å². The van der Waals surface area contributed by atoms with Gasteiger partial charge in [-0.3, -0.25) is 14.3 Å². The summed E-state index contributed by atoms with van der Waals surface area (Å²) in [6, 6.07) is 0. The van der Waals surface area contributed by atoms with E-state index in [-0.39, 0.29) is 11.9 Å². The van der Waals surface area contributed by atoms with E-state index in [0.29, 0.717) is 31.8 Å². The molecule has 0 bridgehead atoms. The first-order chi connectivity index (χ1) is 12.0. The summed E-state index contributed by atoms with van der Waals surface area (Å²) in [5.41, 5.74) is 3.11. The highest BCUT2D eigenvalue weighted by Crippen LogP contribution is 2.24. The minimum atomic E-state index is -0.621. The Morgan fingerprint density at radius 3 is 2.72 bits per heavy atom. The highest BCUT2D eigenvalue weighted by atomic mass is 16.6. The number of amides is 1. The zero-order valence-corrected chi connectivity index (χ0v) is 15.3. The maximum absolute atomic E-state index is 13.0. The van der Waals surface area contributed by atoms with E-state index in [4.69, 9.17) is 4.74 Å². The van der Waals surface area contributed by atoms with Crippen LogP contribution in [0.3, 0.4) is 0 Å². The lowest BCUT2D eigenvalue weighted by Gasteiger charge is -2.30. The Morgan fingerprint density at radius 1 is 1.36 bits per heavy atom. The summed E-state index contributed by atoms with van der Waals surface area (Å²) in [6.45, 7) is 5.23. The van der Waals surface area contributed by atoms with Crippen LogP contribution in [0.4, 0.5) is 0 Å². The summed E-state index contributed by atoms with van der Waals surface area (Å²) in [5, 5.41) is 4.46. The third-order valence-corrected chi connectivity index (χ3v) is 5.34. The second-order valence-corrected chi connectivity index (χ2v) is 7.16. The molecule has 1 aromatic rings. The predicted octanol–water partition coefficient (Wildman–Crippen LogP) is 2.43. The van der Waals surface area contributed by atoms with E-state index in [1.807, 2.05) is 30.5 Å². The second kappa shape index (κ2) is 7.42. The minimum Gasteiger partial charge on any atom is -0.452 e. The Labute approximate surface area is 148 Å². The molecule has 1 fully saturated rings. The fraction of sp³-hybridized carbons (Fsp3) is 0.632. The molecule has 1 aromatic heterocycles. The number of aryl methyl sites for hydroxylation is 2. The Hall–Kier alpha value is -2.11. The summed E-state index contributed by atoms with van der Waals surface area (Å²) >= 11 is 0. The highest BCUT2D eigenvalue weighted by Gasteiger charge is 2.34. The van der Waals surface area contributed by atoms with Gasteiger partial charge in [-0.05, 0) is 39.0 Å². The van der Waals surface area contributed by atoms with Crippen molar-refractivity contribution in [1.29, 1.82) is 0 Å². The quantitative estimate of drug-likeness (QED) is 0.607. The van der Waals surface area contributed by atoms with Crippen LogP contribution in [0.25, 0.3) is 0 Å². The predicted molar refractivity (Wildman–Crippen MR) is 93.7 cm³/mol. The number of carbonyl (C=O) groups is 2. The largest absolute Gasteiger partial charge is 0.452 e. The van der Waals surface area contributed by atoms with Gasteiger partial charge in [0.25, 0.3) is 5.91 Å². The van der Waals surface area contributed by atoms with Crippen LogP contribution >= 0.6 is 0 Å². The summed E-state index contributed by atoms with van der Waals surface area (Å²) in [5.74, 6) is 0.124.